The van der Waals surface area contributed by atoms with E-state index < -0.39 is 5.25 Å². The predicted octanol–water partition coefficient (Wildman–Crippen LogP) is 4.42. The van der Waals surface area contributed by atoms with Crippen LogP contribution in [0.15, 0.2) is 53.7 Å². The summed E-state index contributed by atoms with van der Waals surface area (Å²) in [5, 5.41) is 12.0. The zero-order valence-electron chi connectivity index (χ0n) is 15.6. The molecule has 1 aliphatic rings. The van der Waals surface area contributed by atoms with Crippen LogP contribution in [0.2, 0.25) is 5.02 Å². The Morgan fingerprint density at radius 2 is 2.07 bits per heavy atom. The summed E-state index contributed by atoms with van der Waals surface area (Å²) in [5.74, 6) is 0.273. The van der Waals surface area contributed by atoms with Gasteiger partial charge in [-0.3, -0.25) is 4.79 Å². The topological polar surface area (TPSA) is 71.8 Å². The Labute approximate surface area is 176 Å². The van der Waals surface area contributed by atoms with E-state index in [1.165, 1.54) is 23.9 Å². The maximum Gasteiger partial charge on any atom is 0.240 e. The molecule has 0 radical (unpaired) electrons. The number of benzene rings is 2. The second-order valence-electron chi connectivity index (χ2n) is 6.68. The Balaban J connectivity index is 1.66. The van der Waals surface area contributed by atoms with Crippen LogP contribution in [0.1, 0.15) is 30.8 Å². The molecule has 2 N–H and O–H groups in total. The average molecular weight is 432 g/mol. The Hall–Kier alpha value is -2.58. The molecule has 0 unspecified atom stereocenters. The molecule has 1 aromatic heterocycles. The summed E-state index contributed by atoms with van der Waals surface area (Å²) in [6.07, 6.45) is 1.68. The molecule has 9 heteroatoms. The number of hydrogen-bond acceptors (Lipinski definition) is 5. The van der Waals surface area contributed by atoms with Gasteiger partial charge in [-0.15, -0.1) is 10.2 Å². The molecule has 150 valence electrons. The molecular formula is C20H19ClFN5OS. The summed E-state index contributed by atoms with van der Waals surface area (Å²) >= 11 is 7.36. The molecule has 2 aromatic carbocycles. The molecule has 4 rings (SSSR count). The zero-order chi connectivity index (χ0) is 20.4. The van der Waals surface area contributed by atoms with E-state index in [9.17, 15) is 9.18 Å². The first kappa shape index (κ1) is 19.7. The monoisotopic (exact) mass is 431 g/mol. The molecule has 0 aliphatic carbocycles. The van der Waals surface area contributed by atoms with Crippen molar-refractivity contribution in [1.82, 2.24) is 14.9 Å². The van der Waals surface area contributed by atoms with Gasteiger partial charge in [0.05, 0.1) is 6.04 Å². The van der Waals surface area contributed by atoms with Crippen molar-refractivity contribution < 1.29 is 9.18 Å². The highest BCUT2D eigenvalue weighted by molar-refractivity contribution is 8.00. The summed E-state index contributed by atoms with van der Waals surface area (Å²) in [7, 11) is 0. The highest BCUT2D eigenvalue weighted by Gasteiger charge is 2.37. The van der Waals surface area contributed by atoms with Crippen LogP contribution < -0.4 is 10.7 Å². The van der Waals surface area contributed by atoms with Crippen molar-refractivity contribution in [3.63, 3.8) is 0 Å². The Kier molecular flexibility index (Phi) is 5.73. The molecule has 3 aromatic rings. The number of halogens is 2. The normalized spacial score (nSPS) is 18.0. The summed E-state index contributed by atoms with van der Waals surface area (Å²) in [6.45, 7) is 2.07. The molecule has 2 heterocycles. The Morgan fingerprint density at radius 3 is 2.79 bits per heavy atom. The highest BCUT2D eigenvalue weighted by atomic mass is 35.5. The van der Waals surface area contributed by atoms with Crippen molar-refractivity contribution in [1.29, 1.82) is 0 Å². The predicted molar refractivity (Wildman–Crippen MR) is 112 cm³/mol. The number of aromatic nitrogens is 3. The minimum Gasteiger partial charge on any atom is -0.325 e. The first-order valence-electron chi connectivity index (χ1n) is 9.24. The number of nitrogens with one attached hydrogen (secondary N) is 2. The first-order chi connectivity index (χ1) is 14.0. The van der Waals surface area contributed by atoms with Crippen molar-refractivity contribution in [3.05, 3.63) is 70.8 Å². The van der Waals surface area contributed by atoms with Gasteiger partial charge < -0.3 is 10.7 Å². The number of carbonyl (C=O) groups is 1. The number of hydrogen-bond donors (Lipinski definition) is 2. The van der Waals surface area contributed by atoms with E-state index in [0.717, 1.165) is 24.2 Å². The molecule has 1 amide bonds. The van der Waals surface area contributed by atoms with Crippen molar-refractivity contribution in [2.45, 2.75) is 36.2 Å². The van der Waals surface area contributed by atoms with Crippen LogP contribution in [0.4, 0.5) is 10.1 Å². The third-order valence-electron chi connectivity index (χ3n) is 4.56. The molecule has 0 saturated heterocycles. The first-order valence-corrected chi connectivity index (χ1v) is 10.5. The summed E-state index contributed by atoms with van der Waals surface area (Å²) in [4.78, 5) is 13.1. The minimum atomic E-state index is -0.536. The second-order valence-corrected chi connectivity index (χ2v) is 8.23. The Morgan fingerprint density at radius 1 is 1.28 bits per heavy atom. The molecule has 6 nitrogen and oxygen atoms in total. The highest BCUT2D eigenvalue weighted by Crippen LogP contribution is 2.37. The number of anilines is 1. The lowest BCUT2D eigenvalue weighted by molar-refractivity contribution is -0.116. The van der Waals surface area contributed by atoms with Gasteiger partial charge in [-0.25, -0.2) is 9.07 Å². The van der Waals surface area contributed by atoms with Crippen LogP contribution in [0.3, 0.4) is 0 Å². The molecule has 0 spiro atoms. The van der Waals surface area contributed by atoms with Crippen LogP contribution in [-0.4, -0.2) is 26.0 Å². The molecule has 0 fully saturated rings. The molecular weight excluding hydrogens is 413 g/mol. The van der Waals surface area contributed by atoms with Crippen molar-refractivity contribution in [2.75, 3.05) is 10.7 Å². The summed E-state index contributed by atoms with van der Waals surface area (Å²) in [6, 6.07) is 12.7. The van der Waals surface area contributed by atoms with Crippen LogP contribution in [0, 0.1) is 5.82 Å². The van der Waals surface area contributed by atoms with Crippen LogP contribution in [-0.2, 0) is 11.2 Å². The average Bonchev–Trinajstić information content (AvgIpc) is 3.10. The minimum absolute atomic E-state index is 0.203. The summed E-state index contributed by atoms with van der Waals surface area (Å²) < 4.78 is 15.3. The summed E-state index contributed by atoms with van der Waals surface area (Å²) in [5.41, 5.74) is 4.76. The fraction of sp³-hybridized carbons (Fsp3) is 0.250. The van der Waals surface area contributed by atoms with E-state index in [1.807, 2.05) is 4.68 Å². The van der Waals surface area contributed by atoms with E-state index in [-0.39, 0.29) is 17.8 Å². The van der Waals surface area contributed by atoms with Gasteiger partial charge in [-0.1, -0.05) is 48.5 Å². The van der Waals surface area contributed by atoms with E-state index in [1.54, 1.807) is 36.4 Å². The smallest absolute Gasteiger partial charge is 0.240 e. The molecule has 29 heavy (non-hydrogen) atoms. The van der Waals surface area contributed by atoms with Crippen molar-refractivity contribution in [2.24, 2.45) is 0 Å². The van der Waals surface area contributed by atoms with Gasteiger partial charge in [0.25, 0.3) is 0 Å². The van der Waals surface area contributed by atoms with E-state index in [0.29, 0.717) is 15.9 Å². The number of fused-ring (bicyclic) bond motifs is 1. The fourth-order valence-electron chi connectivity index (χ4n) is 3.18. The molecule has 2 atom stereocenters. The number of rotatable bonds is 5. The maximum absolute atomic E-state index is 13.4. The lowest BCUT2D eigenvalue weighted by Crippen LogP contribution is -2.41. The third kappa shape index (κ3) is 4.23. The SMILES string of the molecule is CCCc1nnc2n1N[C@@H](c1ccc(F)cc1)[C@H](C(=O)Nc1cccc(Cl)c1)S2. The van der Waals surface area contributed by atoms with E-state index in [2.05, 4.69) is 27.9 Å². The second kappa shape index (κ2) is 8.42. The van der Waals surface area contributed by atoms with Gasteiger partial charge in [0.15, 0.2) is 5.82 Å². The lowest BCUT2D eigenvalue weighted by atomic mass is 10.0. The van der Waals surface area contributed by atoms with Gasteiger partial charge in [-0.2, -0.15) is 0 Å². The third-order valence-corrected chi connectivity index (χ3v) is 6.01. The van der Waals surface area contributed by atoms with Crippen molar-refractivity contribution in [3.8, 4) is 0 Å². The largest absolute Gasteiger partial charge is 0.325 e. The standard InChI is InChI=1S/C20H19ClFN5OS/c1-2-4-16-24-25-20-27(16)26-17(12-7-9-14(22)10-8-12)18(29-20)19(28)23-15-6-3-5-13(21)11-15/h3,5-11,17-18,26H,2,4H2,1H3,(H,23,28)/t17-,18+/m0/s1. The van der Waals surface area contributed by atoms with Crippen LogP contribution in [0.25, 0.3) is 0 Å². The number of thioether (sulfide) groups is 1. The quantitative estimate of drug-likeness (QED) is 0.625. The maximum atomic E-state index is 13.4. The molecule has 1 aliphatic heterocycles. The van der Waals surface area contributed by atoms with Gasteiger partial charge >= 0.3 is 0 Å². The van der Waals surface area contributed by atoms with Gasteiger partial charge in [0.1, 0.15) is 11.1 Å². The number of nitrogens with zero attached hydrogens (tertiary/aromatic N) is 3. The van der Waals surface area contributed by atoms with Gasteiger partial charge in [0, 0.05) is 17.1 Å². The fourth-order valence-corrected chi connectivity index (χ4v) is 4.47. The molecule has 0 bridgehead atoms. The Bertz CT molecular complexity index is 1030. The molecule has 0 saturated carbocycles. The number of aryl methyl sites for hydroxylation is 1. The van der Waals surface area contributed by atoms with Crippen LogP contribution >= 0.6 is 23.4 Å². The van der Waals surface area contributed by atoms with E-state index >= 15 is 0 Å². The number of carbonyl (C=O) groups excluding carboxylic acids is 1. The van der Waals surface area contributed by atoms with Crippen molar-refractivity contribution >= 4 is 35.0 Å². The van der Waals surface area contributed by atoms with Gasteiger partial charge in [0.2, 0.25) is 11.1 Å². The number of amides is 1. The van der Waals surface area contributed by atoms with Crippen LogP contribution in [0.5, 0.6) is 0 Å². The lowest BCUT2D eigenvalue weighted by Gasteiger charge is -2.33. The van der Waals surface area contributed by atoms with Gasteiger partial charge in [-0.05, 0) is 42.3 Å². The van der Waals surface area contributed by atoms with E-state index in [4.69, 9.17) is 11.6 Å². The zero-order valence-corrected chi connectivity index (χ0v) is 17.2.